The van der Waals surface area contributed by atoms with Gasteiger partial charge in [-0.25, -0.2) is 8.78 Å². The van der Waals surface area contributed by atoms with Crippen LogP contribution in [0.4, 0.5) is 8.78 Å². The van der Waals surface area contributed by atoms with Gasteiger partial charge in [-0.05, 0) is 24.5 Å². The summed E-state index contributed by atoms with van der Waals surface area (Å²) in [5.41, 5.74) is 5.85. The summed E-state index contributed by atoms with van der Waals surface area (Å²) >= 11 is 5.68. The summed E-state index contributed by atoms with van der Waals surface area (Å²) in [5, 5.41) is -0.205. The Morgan fingerprint density at radius 2 is 1.75 bits per heavy atom. The average molecular weight is 270 g/mol. The highest BCUT2D eigenvalue weighted by Crippen LogP contribution is 2.30. The summed E-state index contributed by atoms with van der Waals surface area (Å²) in [7, 11) is 0. The van der Waals surface area contributed by atoms with E-state index in [1.807, 2.05) is 13.8 Å². The first-order chi connectivity index (χ1) is 6.93. The molecule has 92 valence electrons. The summed E-state index contributed by atoms with van der Waals surface area (Å²) in [6.07, 6.45) is 0.570. The Morgan fingerprint density at radius 3 is 2.25 bits per heavy atom. The lowest BCUT2D eigenvalue weighted by Gasteiger charge is -2.16. The Kier molecular flexibility index (Phi) is 6.23. The monoisotopic (exact) mass is 269 g/mol. The first-order valence-electron chi connectivity index (χ1n) is 4.82. The Bertz CT molecular complexity index is 356. The normalized spacial score (nSPS) is 12.4. The van der Waals surface area contributed by atoms with E-state index >= 15 is 0 Å². The van der Waals surface area contributed by atoms with Crippen molar-refractivity contribution in [3.05, 3.63) is 34.4 Å². The lowest BCUT2D eigenvalue weighted by atomic mass is 9.97. The second-order valence-corrected chi connectivity index (χ2v) is 4.37. The minimum Gasteiger partial charge on any atom is -0.324 e. The molecule has 0 aliphatic heterocycles. The third-order valence-electron chi connectivity index (χ3n) is 2.18. The number of halogens is 4. The topological polar surface area (TPSA) is 26.0 Å². The number of hydrogen-bond acceptors (Lipinski definition) is 1. The van der Waals surface area contributed by atoms with Gasteiger partial charge in [0.05, 0.1) is 5.02 Å². The minimum absolute atomic E-state index is 0. The summed E-state index contributed by atoms with van der Waals surface area (Å²) in [4.78, 5) is 0. The Morgan fingerprint density at radius 1 is 1.25 bits per heavy atom. The van der Waals surface area contributed by atoms with Crippen LogP contribution in [0.25, 0.3) is 0 Å². The lowest BCUT2D eigenvalue weighted by molar-refractivity contribution is 0.484. The predicted octanol–water partition coefficient (Wildman–Crippen LogP) is 4.09. The summed E-state index contributed by atoms with van der Waals surface area (Å²) in [6.45, 7) is 3.93. The molecule has 0 saturated carbocycles. The van der Waals surface area contributed by atoms with Crippen molar-refractivity contribution < 1.29 is 8.78 Å². The molecule has 16 heavy (non-hydrogen) atoms. The molecule has 0 fully saturated rings. The molecule has 1 nitrogen and oxygen atoms in total. The second kappa shape index (κ2) is 6.38. The Labute approximate surface area is 105 Å². The quantitative estimate of drug-likeness (QED) is 0.822. The molecule has 0 saturated heterocycles. The van der Waals surface area contributed by atoms with E-state index in [1.54, 1.807) is 0 Å². The van der Waals surface area contributed by atoms with E-state index in [9.17, 15) is 8.78 Å². The number of benzene rings is 1. The number of nitrogens with two attached hydrogens (primary N) is 1. The van der Waals surface area contributed by atoms with Crippen LogP contribution in [0.1, 0.15) is 31.9 Å². The van der Waals surface area contributed by atoms with E-state index in [0.717, 1.165) is 12.1 Å². The van der Waals surface area contributed by atoms with Crippen molar-refractivity contribution in [1.29, 1.82) is 0 Å². The number of rotatable bonds is 3. The van der Waals surface area contributed by atoms with Crippen LogP contribution in [-0.2, 0) is 0 Å². The van der Waals surface area contributed by atoms with Crippen molar-refractivity contribution in [2.45, 2.75) is 26.3 Å². The molecule has 0 heterocycles. The fraction of sp³-hybridized carbons (Fsp3) is 0.455. The van der Waals surface area contributed by atoms with Crippen LogP contribution in [0, 0.1) is 17.6 Å². The van der Waals surface area contributed by atoms with E-state index in [1.165, 1.54) is 0 Å². The highest BCUT2D eigenvalue weighted by atomic mass is 35.5. The fourth-order valence-electron chi connectivity index (χ4n) is 1.51. The fourth-order valence-corrected chi connectivity index (χ4v) is 1.80. The van der Waals surface area contributed by atoms with Crippen molar-refractivity contribution in [3.8, 4) is 0 Å². The standard InChI is InChI=1S/C11H14ClF2N.ClH/c1-6(2)5-9(15)10-7(13)3-4-8(14)11(10)12;/h3-4,6,9H,5,15H2,1-2H3;1H/t9-;/m1./s1. The molecule has 1 atom stereocenters. The van der Waals surface area contributed by atoms with Gasteiger partial charge in [0.2, 0.25) is 0 Å². The first kappa shape index (κ1) is 15.6. The summed E-state index contributed by atoms with van der Waals surface area (Å²) < 4.78 is 26.5. The number of hydrogen-bond donors (Lipinski definition) is 1. The molecular formula is C11H15Cl2F2N. The van der Waals surface area contributed by atoms with Crippen LogP contribution < -0.4 is 5.73 Å². The zero-order valence-corrected chi connectivity index (χ0v) is 10.7. The van der Waals surface area contributed by atoms with Gasteiger partial charge in [-0.1, -0.05) is 25.4 Å². The summed E-state index contributed by atoms with van der Waals surface area (Å²) in [6, 6.07) is 1.49. The maximum absolute atomic E-state index is 13.4. The molecular weight excluding hydrogens is 255 g/mol. The molecule has 0 amide bonds. The van der Waals surface area contributed by atoms with Gasteiger partial charge in [-0.2, -0.15) is 0 Å². The predicted molar refractivity (Wildman–Crippen MR) is 65.0 cm³/mol. The van der Waals surface area contributed by atoms with Crippen molar-refractivity contribution >= 4 is 24.0 Å². The maximum Gasteiger partial charge on any atom is 0.142 e. The SMILES string of the molecule is CC(C)C[C@@H](N)c1c(F)ccc(F)c1Cl.Cl. The van der Waals surface area contributed by atoms with Crippen LogP contribution in [0.5, 0.6) is 0 Å². The van der Waals surface area contributed by atoms with Crippen LogP contribution in [0.15, 0.2) is 12.1 Å². The molecule has 0 bridgehead atoms. The molecule has 1 aromatic carbocycles. The molecule has 0 aliphatic rings. The first-order valence-corrected chi connectivity index (χ1v) is 5.20. The van der Waals surface area contributed by atoms with Crippen LogP contribution >= 0.6 is 24.0 Å². The van der Waals surface area contributed by atoms with E-state index < -0.39 is 17.7 Å². The zero-order chi connectivity index (χ0) is 11.6. The Hall–Kier alpha value is -0.380. The van der Waals surface area contributed by atoms with Gasteiger partial charge < -0.3 is 5.73 Å². The molecule has 0 aliphatic carbocycles. The third kappa shape index (κ3) is 3.58. The van der Waals surface area contributed by atoms with Gasteiger partial charge in [-0.3, -0.25) is 0 Å². The smallest absolute Gasteiger partial charge is 0.142 e. The van der Waals surface area contributed by atoms with E-state index in [0.29, 0.717) is 12.3 Å². The Balaban J connectivity index is 0.00000225. The second-order valence-electron chi connectivity index (χ2n) is 3.99. The maximum atomic E-state index is 13.4. The molecule has 2 N–H and O–H groups in total. The van der Waals surface area contributed by atoms with E-state index in [4.69, 9.17) is 17.3 Å². The van der Waals surface area contributed by atoms with Gasteiger partial charge >= 0.3 is 0 Å². The highest BCUT2D eigenvalue weighted by Gasteiger charge is 2.19. The van der Waals surface area contributed by atoms with Crippen LogP contribution in [-0.4, -0.2) is 0 Å². The van der Waals surface area contributed by atoms with Crippen molar-refractivity contribution in [2.24, 2.45) is 11.7 Å². The third-order valence-corrected chi connectivity index (χ3v) is 2.56. The van der Waals surface area contributed by atoms with Crippen molar-refractivity contribution in [1.82, 2.24) is 0 Å². The van der Waals surface area contributed by atoms with Crippen molar-refractivity contribution in [2.75, 3.05) is 0 Å². The minimum atomic E-state index is -0.632. The molecule has 0 spiro atoms. The molecule has 0 radical (unpaired) electrons. The van der Waals surface area contributed by atoms with Gasteiger partial charge in [0.15, 0.2) is 0 Å². The molecule has 5 heteroatoms. The van der Waals surface area contributed by atoms with E-state index in [-0.39, 0.29) is 23.0 Å². The van der Waals surface area contributed by atoms with E-state index in [2.05, 4.69) is 0 Å². The van der Waals surface area contributed by atoms with Gasteiger partial charge in [0, 0.05) is 11.6 Å². The lowest BCUT2D eigenvalue weighted by Crippen LogP contribution is -2.15. The van der Waals surface area contributed by atoms with Crippen LogP contribution in [0.2, 0.25) is 5.02 Å². The van der Waals surface area contributed by atoms with Crippen LogP contribution in [0.3, 0.4) is 0 Å². The van der Waals surface area contributed by atoms with Gasteiger partial charge in [-0.15, -0.1) is 12.4 Å². The van der Waals surface area contributed by atoms with Gasteiger partial charge in [0.25, 0.3) is 0 Å². The van der Waals surface area contributed by atoms with Gasteiger partial charge in [0.1, 0.15) is 11.6 Å². The highest BCUT2D eigenvalue weighted by molar-refractivity contribution is 6.31. The van der Waals surface area contributed by atoms with Crippen molar-refractivity contribution in [3.63, 3.8) is 0 Å². The average Bonchev–Trinajstić information content (AvgIpc) is 2.11. The zero-order valence-electron chi connectivity index (χ0n) is 9.14. The largest absolute Gasteiger partial charge is 0.324 e. The molecule has 1 aromatic rings. The molecule has 0 unspecified atom stereocenters. The molecule has 0 aromatic heterocycles. The summed E-state index contributed by atoms with van der Waals surface area (Å²) in [5.74, 6) is -0.874. The molecule has 1 rings (SSSR count).